The standard InChI is InChI=1S/C23H48N4O4/c28-22(29)20-18-16-14-12-10-8-6-4-2-1-3-5-7-9-11-13-15-17-19-21-24-26-27-25-23(30)31/h24-27H,1-21H2,(H,28,29)(H,30,31). The zero-order chi connectivity index (χ0) is 22.8. The van der Waals surface area contributed by atoms with Crippen molar-refractivity contribution in [3.63, 3.8) is 0 Å². The summed E-state index contributed by atoms with van der Waals surface area (Å²) in [5.74, 6) is -0.668. The van der Waals surface area contributed by atoms with Crippen LogP contribution >= 0.6 is 0 Å². The Morgan fingerprint density at radius 2 is 0.839 bits per heavy atom. The molecule has 0 aromatic rings. The molecular formula is C23H48N4O4. The van der Waals surface area contributed by atoms with Crippen LogP contribution in [0, 0.1) is 0 Å². The zero-order valence-electron chi connectivity index (χ0n) is 19.6. The number of carboxylic acid groups (broad SMARTS) is 2. The minimum absolute atomic E-state index is 0.326. The van der Waals surface area contributed by atoms with Crippen LogP contribution in [-0.2, 0) is 4.79 Å². The highest BCUT2D eigenvalue weighted by molar-refractivity contribution is 5.66. The van der Waals surface area contributed by atoms with Gasteiger partial charge in [-0.15, -0.1) is 0 Å². The molecule has 8 nitrogen and oxygen atoms in total. The van der Waals surface area contributed by atoms with Crippen molar-refractivity contribution in [1.82, 2.24) is 21.9 Å². The van der Waals surface area contributed by atoms with Gasteiger partial charge in [0.1, 0.15) is 0 Å². The average Bonchev–Trinajstić information content (AvgIpc) is 2.73. The molecule has 0 bridgehead atoms. The normalized spacial score (nSPS) is 11.0. The molecule has 8 heteroatoms. The summed E-state index contributed by atoms with van der Waals surface area (Å²) in [7, 11) is 0. The predicted octanol–water partition coefficient (Wildman–Crippen LogP) is 5.65. The van der Waals surface area contributed by atoms with E-state index >= 15 is 0 Å². The third kappa shape index (κ3) is 28.6. The molecule has 0 saturated carbocycles. The zero-order valence-corrected chi connectivity index (χ0v) is 19.6. The van der Waals surface area contributed by atoms with Crippen LogP contribution in [-0.4, -0.2) is 28.8 Å². The van der Waals surface area contributed by atoms with E-state index in [0.29, 0.717) is 6.42 Å². The molecule has 31 heavy (non-hydrogen) atoms. The summed E-state index contributed by atoms with van der Waals surface area (Å²) in [6.45, 7) is 0.808. The van der Waals surface area contributed by atoms with E-state index in [2.05, 4.69) is 16.5 Å². The minimum atomic E-state index is -1.12. The van der Waals surface area contributed by atoms with Crippen molar-refractivity contribution in [1.29, 1.82) is 0 Å². The molecule has 0 aromatic heterocycles. The Morgan fingerprint density at radius 3 is 1.19 bits per heavy atom. The summed E-state index contributed by atoms with van der Waals surface area (Å²) >= 11 is 0. The highest BCUT2D eigenvalue weighted by Crippen LogP contribution is 2.14. The summed E-state index contributed by atoms with van der Waals surface area (Å²) in [6.07, 6.45) is 23.4. The molecule has 0 aliphatic carbocycles. The molecule has 184 valence electrons. The maximum atomic E-state index is 10.4. The number of rotatable bonds is 25. The largest absolute Gasteiger partial charge is 0.481 e. The highest BCUT2D eigenvalue weighted by atomic mass is 16.4. The van der Waals surface area contributed by atoms with Crippen LogP contribution in [0.3, 0.4) is 0 Å². The average molecular weight is 445 g/mol. The van der Waals surface area contributed by atoms with Crippen LogP contribution in [0.25, 0.3) is 0 Å². The van der Waals surface area contributed by atoms with Crippen LogP contribution in [0.5, 0.6) is 0 Å². The number of hydrogen-bond acceptors (Lipinski definition) is 5. The monoisotopic (exact) mass is 444 g/mol. The second-order valence-corrected chi connectivity index (χ2v) is 8.47. The quantitative estimate of drug-likeness (QED) is 0.0794. The lowest BCUT2D eigenvalue weighted by atomic mass is 10.0. The van der Waals surface area contributed by atoms with Gasteiger partial charge in [0, 0.05) is 13.0 Å². The third-order valence-corrected chi connectivity index (χ3v) is 5.51. The lowest BCUT2D eigenvalue weighted by Gasteiger charge is -2.07. The smallest absolute Gasteiger partial charge is 0.420 e. The van der Waals surface area contributed by atoms with E-state index < -0.39 is 12.1 Å². The van der Waals surface area contributed by atoms with Gasteiger partial charge in [-0.05, 0) is 12.8 Å². The van der Waals surface area contributed by atoms with Gasteiger partial charge >= 0.3 is 12.1 Å². The van der Waals surface area contributed by atoms with Crippen LogP contribution < -0.4 is 21.9 Å². The van der Waals surface area contributed by atoms with Crippen LogP contribution in [0.4, 0.5) is 4.79 Å². The molecule has 0 saturated heterocycles. The number of hydrogen-bond donors (Lipinski definition) is 6. The van der Waals surface area contributed by atoms with Gasteiger partial charge in [-0.25, -0.2) is 15.6 Å². The summed E-state index contributed by atoms with van der Waals surface area (Å²) < 4.78 is 0. The van der Waals surface area contributed by atoms with Crippen molar-refractivity contribution in [2.24, 2.45) is 0 Å². The number of nitrogens with one attached hydrogen (secondary N) is 4. The number of hydrazine groups is 3. The second-order valence-electron chi connectivity index (χ2n) is 8.47. The Kier molecular flexibility index (Phi) is 23.8. The fourth-order valence-electron chi connectivity index (χ4n) is 3.69. The second kappa shape index (κ2) is 24.9. The molecule has 0 aromatic carbocycles. The third-order valence-electron chi connectivity index (χ3n) is 5.51. The van der Waals surface area contributed by atoms with Gasteiger partial charge in [0.05, 0.1) is 0 Å². The molecule has 0 rings (SSSR count). The van der Waals surface area contributed by atoms with Crippen LogP contribution in [0.2, 0.25) is 0 Å². The summed E-state index contributed by atoms with van der Waals surface area (Å²) in [6, 6.07) is 0. The fraction of sp³-hybridized carbons (Fsp3) is 0.913. The van der Waals surface area contributed by atoms with E-state index in [1.165, 1.54) is 103 Å². The molecule has 0 aliphatic rings. The van der Waals surface area contributed by atoms with E-state index in [-0.39, 0.29) is 0 Å². The van der Waals surface area contributed by atoms with Crippen molar-refractivity contribution in [2.75, 3.05) is 6.54 Å². The highest BCUT2D eigenvalue weighted by Gasteiger charge is 1.97. The van der Waals surface area contributed by atoms with E-state index in [4.69, 9.17) is 10.2 Å². The van der Waals surface area contributed by atoms with Crippen LogP contribution in [0.1, 0.15) is 128 Å². The van der Waals surface area contributed by atoms with Gasteiger partial charge in [-0.1, -0.05) is 109 Å². The first-order valence-corrected chi connectivity index (χ1v) is 12.6. The molecule has 0 radical (unpaired) electrons. The predicted molar refractivity (Wildman–Crippen MR) is 125 cm³/mol. The SMILES string of the molecule is O=C(O)CCCCCCCCCCCCCCCCCCCCCNNNNC(=O)O. The molecule has 0 atom stereocenters. The summed E-state index contributed by atoms with van der Waals surface area (Å²) in [4.78, 5) is 20.6. The first-order valence-electron chi connectivity index (χ1n) is 12.6. The molecule has 0 aliphatic heterocycles. The van der Waals surface area contributed by atoms with Crippen molar-refractivity contribution in [3.8, 4) is 0 Å². The van der Waals surface area contributed by atoms with Gasteiger partial charge in [0.15, 0.2) is 0 Å². The Morgan fingerprint density at radius 1 is 0.484 bits per heavy atom. The number of carbonyl (C=O) groups is 2. The molecule has 6 N–H and O–H groups in total. The van der Waals surface area contributed by atoms with Gasteiger partial charge in [0.25, 0.3) is 0 Å². The molecule has 0 fully saturated rings. The maximum Gasteiger partial charge on any atom is 0.420 e. The number of amides is 1. The molecule has 0 spiro atoms. The van der Waals surface area contributed by atoms with Crippen molar-refractivity contribution in [3.05, 3.63) is 0 Å². The molecule has 0 unspecified atom stereocenters. The Bertz CT molecular complexity index is 375. The molecule has 1 amide bonds. The van der Waals surface area contributed by atoms with Gasteiger partial charge in [-0.3, -0.25) is 4.79 Å². The minimum Gasteiger partial charge on any atom is -0.481 e. The van der Waals surface area contributed by atoms with Crippen molar-refractivity contribution < 1.29 is 19.8 Å². The van der Waals surface area contributed by atoms with E-state index in [1.54, 1.807) is 0 Å². The first kappa shape index (κ1) is 29.6. The van der Waals surface area contributed by atoms with Gasteiger partial charge in [0.2, 0.25) is 0 Å². The lowest BCUT2D eigenvalue weighted by molar-refractivity contribution is -0.137. The van der Waals surface area contributed by atoms with Crippen LogP contribution in [0.15, 0.2) is 0 Å². The van der Waals surface area contributed by atoms with E-state index in [0.717, 1.165) is 25.8 Å². The lowest BCUT2D eigenvalue weighted by Crippen LogP contribution is -2.52. The van der Waals surface area contributed by atoms with E-state index in [1.807, 2.05) is 5.43 Å². The van der Waals surface area contributed by atoms with Gasteiger partial charge in [-0.2, -0.15) is 11.1 Å². The topological polar surface area (TPSA) is 123 Å². The molecular weight excluding hydrogens is 396 g/mol. The van der Waals surface area contributed by atoms with Crippen molar-refractivity contribution in [2.45, 2.75) is 128 Å². The Labute approximate surface area is 189 Å². The molecule has 0 heterocycles. The fourth-order valence-corrected chi connectivity index (χ4v) is 3.69. The van der Waals surface area contributed by atoms with Gasteiger partial charge < -0.3 is 10.2 Å². The van der Waals surface area contributed by atoms with Crippen molar-refractivity contribution >= 4 is 12.1 Å². The summed E-state index contributed by atoms with van der Waals surface area (Å²) in [5.41, 5.74) is 9.79. The first-order chi connectivity index (χ1) is 15.1. The summed E-state index contributed by atoms with van der Waals surface area (Å²) in [5, 5.41) is 16.9. The maximum absolute atomic E-state index is 10.4. The number of carboxylic acids is 1. The Balaban J connectivity index is 3.02. The number of aliphatic carboxylic acids is 1. The Hall–Kier alpha value is -1.38. The number of unbranched alkanes of at least 4 members (excludes halogenated alkanes) is 18. The van der Waals surface area contributed by atoms with E-state index in [9.17, 15) is 9.59 Å².